The molecule has 0 heterocycles. The maximum absolute atomic E-state index is 9.75. The minimum absolute atomic E-state index is 0.143. The van der Waals surface area contributed by atoms with Crippen LogP contribution in [0.4, 0.5) is 0 Å². The number of ether oxygens (including phenoxy) is 2. The van der Waals surface area contributed by atoms with E-state index in [0.29, 0.717) is 35.7 Å². The van der Waals surface area contributed by atoms with Gasteiger partial charge in [0.1, 0.15) is 23.0 Å². The molecule has 2 aromatic rings. The van der Waals surface area contributed by atoms with Crippen molar-refractivity contribution in [2.24, 2.45) is 9.98 Å². The van der Waals surface area contributed by atoms with Crippen molar-refractivity contribution >= 4 is 12.4 Å². The molecule has 0 radical (unpaired) electrons. The normalized spacial score (nSPS) is 11.2. The highest BCUT2D eigenvalue weighted by Crippen LogP contribution is 2.22. The Kier molecular flexibility index (Phi) is 6.19. The lowest BCUT2D eigenvalue weighted by Gasteiger charge is -2.03. The first-order valence-corrected chi connectivity index (χ1v) is 7.37. The Hall–Kier alpha value is -3.02. The number of rotatable bonds is 7. The van der Waals surface area contributed by atoms with Gasteiger partial charge < -0.3 is 19.7 Å². The molecule has 24 heavy (non-hydrogen) atoms. The molecule has 0 aliphatic rings. The van der Waals surface area contributed by atoms with E-state index in [9.17, 15) is 10.2 Å². The van der Waals surface area contributed by atoms with Crippen LogP contribution in [0.2, 0.25) is 0 Å². The van der Waals surface area contributed by atoms with Gasteiger partial charge in [0, 0.05) is 23.6 Å². The highest BCUT2D eigenvalue weighted by atomic mass is 16.5. The third kappa shape index (κ3) is 4.74. The van der Waals surface area contributed by atoms with E-state index in [-0.39, 0.29) is 11.5 Å². The second-order valence-corrected chi connectivity index (χ2v) is 4.92. The van der Waals surface area contributed by atoms with Crippen LogP contribution in [0.25, 0.3) is 0 Å². The van der Waals surface area contributed by atoms with Crippen molar-refractivity contribution in [1.82, 2.24) is 0 Å². The number of aromatic hydroxyl groups is 2. The summed E-state index contributed by atoms with van der Waals surface area (Å²) in [5, 5.41) is 19.5. The number of phenolic OH excluding ortho intramolecular Hbond substituents is 2. The first-order chi connectivity index (χ1) is 11.6. The zero-order valence-electron chi connectivity index (χ0n) is 13.6. The van der Waals surface area contributed by atoms with Crippen molar-refractivity contribution in [3.8, 4) is 23.0 Å². The van der Waals surface area contributed by atoms with Crippen LogP contribution in [0.3, 0.4) is 0 Å². The van der Waals surface area contributed by atoms with Crippen LogP contribution in [0.5, 0.6) is 23.0 Å². The summed E-state index contributed by atoms with van der Waals surface area (Å²) in [6.07, 6.45) is 3.16. The fraction of sp³-hybridized carbons (Fsp3) is 0.222. The van der Waals surface area contributed by atoms with E-state index in [1.54, 1.807) is 63.0 Å². The number of hydrogen-bond acceptors (Lipinski definition) is 6. The Bertz CT molecular complexity index is 678. The zero-order valence-corrected chi connectivity index (χ0v) is 13.6. The first kappa shape index (κ1) is 17.3. The largest absolute Gasteiger partial charge is 0.507 e. The summed E-state index contributed by atoms with van der Waals surface area (Å²) < 4.78 is 10.2. The van der Waals surface area contributed by atoms with E-state index >= 15 is 0 Å². The van der Waals surface area contributed by atoms with Gasteiger partial charge in [-0.2, -0.15) is 0 Å². The van der Waals surface area contributed by atoms with E-state index in [1.807, 2.05) is 0 Å². The Morgan fingerprint density at radius 1 is 0.792 bits per heavy atom. The van der Waals surface area contributed by atoms with Crippen LogP contribution in [-0.4, -0.2) is 50.0 Å². The summed E-state index contributed by atoms with van der Waals surface area (Å²) in [6, 6.07) is 9.88. The minimum atomic E-state index is 0.143. The number of benzene rings is 2. The van der Waals surface area contributed by atoms with Crippen molar-refractivity contribution in [2.75, 3.05) is 27.3 Å². The van der Waals surface area contributed by atoms with Gasteiger partial charge in [0.15, 0.2) is 0 Å². The van der Waals surface area contributed by atoms with E-state index in [1.165, 1.54) is 0 Å². The van der Waals surface area contributed by atoms with Crippen LogP contribution in [0.1, 0.15) is 11.1 Å². The quantitative estimate of drug-likeness (QED) is 0.604. The van der Waals surface area contributed by atoms with E-state index in [2.05, 4.69) is 9.98 Å². The molecule has 6 nitrogen and oxygen atoms in total. The van der Waals surface area contributed by atoms with Gasteiger partial charge in [0.2, 0.25) is 0 Å². The number of aliphatic imine (C=N–C) groups is 2. The molecule has 126 valence electrons. The molecule has 2 N–H and O–H groups in total. The van der Waals surface area contributed by atoms with Gasteiger partial charge in [0.25, 0.3) is 0 Å². The van der Waals surface area contributed by atoms with Gasteiger partial charge in [0.05, 0.1) is 27.3 Å². The predicted octanol–water partition coefficient (Wildman–Crippen LogP) is 2.65. The standard InChI is InChI=1S/C18H20N2O4/c1-23-15-3-5-17(21)13(9-15)11-19-7-8-20-12-14-10-16(24-2)4-6-18(14)22/h3-6,9-12,21-22H,7-8H2,1-2H3/b19-11+,20-12+. The summed E-state index contributed by atoms with van der Waals surface area (Å²) in [6.45, 7) is 0.912. The predicted molar refractivity (Wildman–Crippen MR) is 94.2 cm³/mol. The monoisotopic (exact) mass is 328 g/mol. The molecule has 2 aromatic carbocycles. The number of phenols is 2. The average Bonchev–Trinajstić information content (AvgIpc) is 2.60. The van der Waals surface area contributed by atoms with Crippen LogP contribution >= 0.6 is 0 Å². The molecule has 0 saturated heterocycles. The summed E-state index contributed by atoms with van der Waals surface area (Å²) >= 11 is 0. The molecule has 0 atom stereocenters. The lowest BCUT2D eigenvalue weighted by atomic mass is 10.2. The summed E-state index contributed by atoms with van der Waals surface area (Å²) in [5.41, 5.74) is 1.17. The highest BCUT2D eigenvalue weighted by molar-refractivity contribution is 5.84. The van der Waals surface area contributed by atoms with Crippen molar-refractivity contribution in [2.45, 2.75) is 0 Å². The molecule has 0 saturated carbocycles. The Labute approximate surface area is 140 Å². The summed E-state index contributed by atoms with van der Waals surface area (Å²) in [4.78, 5) is 8.45. The van der Waals surface area contributed by atoms with Crippen molar-refractivity contribution < 1.29 is 19.7 Å². The smallest absolute Gasteiger partial charge is 0.124 e. The van der Waals surface area contributed by atoms with Gasteiger partial charge in [-0.1, -0.05) is 0 Å². The molecule has 0 aliphatic carbocycles. The van der Waals surface area contributed by atoms with Crippen LogP contribution < -0.4 is 9.47 Å². The number of hydrogen-bond donors (Lipinski definition) is 2. The summed E-state index contributed by atoms with van der Waals surface area (Å²) in [5.74, 6) is 1.59. The Morgan fingerprint density at radius 2 is 1.21 bits per heavy atom. The zero-order chi connectivity index (χ0) is 17.4. The van der Waals surface area contributed by atoms with E-state index < -0.39 is 0 Å². The molecule has 0 aliphatic heterocycles. The molecule has 0 spiro atoms. The van der Waals surface area contributed by atoms with E-state index in [0.717, 1.165) is 0 Å². The van der Waals surface area contributed by atoms with Crippen molar-refractivity contribution in [1.29, 1.82) is 0 Å². The van der Waals surface area contributed by atoms with Crippen LogP contribution in [0.15, 0.2) is 46.4 Å². The third-order valence-corrected chi connectivity index (χ3v) is 3.29. The average molecular weight is 328 g/mol. The van der Waals surface area contributed by atoms with Gasteiger partial charge in [-0.25, -0.2) is 0 Å². The Balaban J connectivity index is 1.91. The van der Waals surface area contributed by atoms with Crippen molar-refractivity contribution in [3.05, 3.63) is 47.5 Å². The molecule has 0 bridgehead atoms. The molecular formula is C18H20N2O4. The van der Waals surface area contributed by atoms with Crippen LogP contribution in [-0.2, 0) is 0 Å². The maximum Gasteiger partial charge on any atom is 0.124 e. The first-order valence-electron chi connectivity index (χ1n) is 7.37. The molecule has 2 rings (SSSR count). The second kappa shape index (κ2) is 8.57. The lowest BCUT2D eigenvalue weighted by Crippen LogP contribution is -1.92. The van der Waals surface area contributed by atoms with Crippen LogP contribution in [0, 0.1) is 0 Å². The lowest BCUT2D eigenvalue weighted by molar-refractivity contribution is 0.412. The maximum atomic E-state index is 9.75. The minimum Gasteiger partial charge on any atom is -0.507 e. The fourth-order valence-corrected chi connectivity index (χ4v) is 1.97. The Morgan fingerprint density at radius 3 is 1.58 bits per heavy atom. The SMILES string of the molecule is COc1ccc(O)c(/C=N/CC/N=C/c2cc(OC)ccc2O)c1. The second-order valence-electron chi connectivity index (χ2n) is 4.92. The molecule has 0 aromatic heterocycles. The summed E-state index contributed by atoms with van der Waals surface area (Å²) in [7, 11) is 3.13. The van der Waals surface area contributed by atoms with Crippen molar-refractivity contribution in [3.63, 3.8) is 0 Å². The molecule has 6 heteroatoms. The number of nitrogens with zero attached hydrogens (tertiary/aromatic N) is 2. The molecule has 0 unspecified atom stereocenters. The number of methoxy groups -OCH3 is 2. The van der Waals surface area contributed by atoms with Gasteiger partial charge in [-0.3, -0.25) is 9.98 Å². The molecule has 0 amide bonds. The highest BCUT2D eigenvalue weighted by Gasteiger charge is 2.01. The fourth-order valence-electron chi connectivity index (χ4n) is 1.97. The molecular weight excluding hydrogens is 308 g/mol. The van der Waals surface area contributed by atoms with Gasteiger partial charge >= 0.3 is 0 Å². The topological polar surface area (TPSA) is 83.6 Å². The third-order valence-electron chi connectivity index (χ3n) is 3.29. The molecule has 0 fully saturated rings. The van der Waals surface area contributed by atoms with E-state index in [4.69, 9.17) is 9.47 Å². The van der Waals surface area contributed by atoms with Gasteiger partial charge in [-0.15, -0.1) is 0 Å². The van der Waals surface area contributed by atoms with Gasteiger partial charge in [-0.05, 0) is 36.4 Å².